The quantitative estimate of drug-likeness (QED) is 0.553. The van der Waals surface area contributed by atoms with Crippen LogP contribution in [0.4, 0.5) is 5.69 Å². The second-order valence-corrected chi connectivity index (χ2v) is 5.57. The molecule has 4 N–H and O–H groups in total. The minimum atomic E-state index is -0.158. The molecule has 0 radical (unpaired) electrons. The number of rotatable bonds is 6. The number of aliphatic imine (C=N–C) groups is 1. The summed E-state index contributed by atoms with van der Waals surface area (Å²) in [6, 6.07) is 6.19. The van der Waals surface area contributed by atoms with Gasteiger partial charge in [0.1, 0.15) is 0 Å². The molecule has 4 heteroatoms. The van der Waals surface area contributed by atoms with Crippen molar-refractivity contribution in [1.29, 1.82) is 0 Å². The van der Waals surface area contributed by atoms with Gasteiger partial charge in [0.25, 0.3) is 0 Å². The van der Waals surface area contributed by atoms with Gasteiger partial charge in [-0.15, -0.1) is 0 Å². The van der Waals surface area contributed by atoms with Gasteiger partial charge in [0.05, 0.1) is 13.2 Å². The van der Waals surface area contributed by atoms with Gasteiger partial charge in [-0.05, 0) is 49.9 Å². The molecule has 0 bridgehead atoms. The molecule has 112 valence electrons. The Kier molecular flexibility index (Phi) is 6.02. The van der Waals surface area contributed by atoms with Crippen LogP contribution in [0.5, 0.6) is 0 Å². The summed E-state index contributed by atoms with van der Waals surface area (Å²) in [5.74, 6) is 0.398. The second kappa shape index (κ2) is 7.29. The molecule has 4 nitrogen and oxygen atoms in total. The number of nitrogens with one attached hydrogen (secondary N) is 1. The zero-order valence-corrected chi connectivity index (χ0v) is 13.0. The SMILES string of the molecule is CCC(CC)(CO)CN=C(N)Nc1cc(C)cc(C)c1. The summed E-state index contributed by atoms with van der Waals surface area (Å²) >= 11 is 0. The Balaban J connectivity index is 2.74. The maximum Gasteiger partial charge on any atom is 0.193 e. The van der Waals surface area contributed by atoms with Crippen molar-refractivity contribution in [1.82, 2.24) is 0 Å². The highest BCUT2D eigenvalue weighted by Gasteiger charge is 2.24. The number of hydrogen-bond acceptors (Lipinski definition) is 2. The lowest BCUT2D eigenvalue weighted by Crippen LogP contribution is -2.30. The van der Waals surface area contributed by atoms with Crippen LogP contribution in [-0.2, 0) is 0 Å². The van der Waals surface area contributed by atoms with Crippen LogP contribution >= 0.6 is 0 Å². The molecule has 0 fully saturated rings. The van der Waals surface area contributed by atoms with E-state index in [2.05, 4.69) is 44.1 Å². The van der Waals surface area contributed by atoms with E-state index in [1.165, 1.54) is 11.1 Å². The highest BCUT2D eigenvalue weighted by Crippen LogP contribution is 2.25. The van der Waals surface area contributed by atoms with Crippen molar-refractivity contribution in [2.45, 2.75) is 40.5 Å². The first kappa shape index (κ1) is 16.5. The molecule has 1 rings (SSSR count). The number of aliphatic hydroxyl groups is 1. The van der Waals surface area contributed by atoms with Gasteiger partial charge >= 0.3 is 0 Å². The number of hydrogen-bond donors (Lipinski definition) is 3. The predicted molar refractivity (Wildman–Crippen MR) is 86.1 cm³/mol. The van der Waals surface area contributed by atoms with Crippen molar-refractivity contribution in [2.24, 2.45) is 16.1 Å². The van der Waals surface area contributed by atoms with Crippen molar-refractivity contribution < 1.29 is 5.11 Å². The molecule has 0 amide bonds. The minimum Gasteiger partial charge on any atom is -0.396 e. The van der Waals surface area contributed by atoms with Crippen molar-refractivity contribution in [3.63, 3.8) is 0 Å². The van der Waals surface area contributed by atoms with E-state index in [0.717, 1.165) is 18.5 Å². The summed E-state index contributed by atoms with van der Waals surface area (Å²) in [6.45, 7) is 8.93. The average molecular weight is 277 g/mol. The summed E-state index contributed by atoms with van der Waals surface area (Å²) in [5, 5.41) is 12.6. The third-order valence-electron chi connectivity index (χ3n) is 3.91. The Morgan fingerprint density at radius 2 is 1.75 bits per heavy atom. The Labute approximate surface area is 122 Å². The molecular weight excluding hydrogens is 250 g/mol. The number of anilines is 1. The van der Waals surface area contributed by atoms with Gasteiger partial charge in [-0.2, -0.15) is 0 Å². The highest BCUT2D eigenvalue weighted by molar-refractivity contribution is 5.92. The monoisotopic (exact) mass is 277 g/mol. The highest BCUT2D eigenvalue weighted by atomic mass is 16.3. The molecule has 0 saturated carbocycles. The molecule has 0 aromatic heterocycles. The van der Waals surface area contributed by atoms with Crippen LogP contribution < -0.4 is 11.1 Å². The summed E-state index contributed by atoms with van der Waals surface area (Å²) in [6.07, 6.45) is 1.78. The normalized spacial score (nSPS) is 12.6. The standard InChI is InChI=1S/C16H27N3O/c1-5-16(6-2,11-20)10-18-15(17)19-14-8-12(3)7-13(4)9-14/h7-9,20H,5-6,10-11H2,1-4H3,(H3,17,18,19). The summed E-state index contributed by atoms with van der Waals surface area (Å²) in [7, 11) is 0. The van der Waals surface area contributed by atoms with E-state index in [0.29, 0.717) is 12.5 Å². The number of nitrogens with zero attached hydrogens (tertiary/aromatic N) is 1. The molecular formula is C16H27N3O. The third kappa shape index (κ3) is 4.53. The van der Waals surface area contributed by atoms with Crippen molar-refractivity contribution in [2.75, 3.05) is 18.5 Å². The maximum absolute atomic E-state index is 9.52. The molecule has 1 aromatic rings. The van der Waals surface area contributed by atoms with Crippen LogP contribution in [0.25, 0.3) is 0 Å². The third-order valence-corrected chi connectivity index (χ3v) is 3.91. The molecule has 1 aromatic carbocycles. The van der Waals surface area contributed by atoms with Crippen LogP contribution in [-0.4, -0.2) is 24.2 Å². The van der Waals surface area contributed by atoms with E-state index in [9.17, 15) is 5.11 Å². The van der Waals surface area contributed by atoms with E-state index in [1.807, 2.05) is 12.1 Å². The second-order valence-electron chi connectivity index (χ2n) is 5.57. The number of aliphatic hydroxyl groups excluding tert-OH is 1. The molecule has 0 atom stereocenters. The lowest BCUT2D eigenvalue weighted by Gasteiger charge is -2.27. The van der Waals surface area contributed by atoms with E-state index in [4.69, 9.17) is 5.73 Å². The zero-order valence-electron chi connectivity index (χ0n) is 13.0. The van der Waals surface area contributed by atoms with E-state index < -0.39 is 0 Å². The van der Waals surface area contributed by atoms with Gasteiger partial charge in [0, 0.05) is 11.1 Å². The average Bonchev–Trinajstić information content (AvgIpc) is 2.40. The molecule has 0 aliphatic rings. The first-order valence-electron chi connectivity index (χ1n) is 7.21. The maximum atomic E-state index is 9.52. The van der Waals surface area contributed by atoms with Gasteiger partial charge < -0.3 is 16.2 Å². The number of aryl methyl sites for hydroxylation is 2. The van der Waals surface area contributed by atoms with Crippen molar-refractivity contribution in [3.8, 4) is 0 Å². The fraction of sp³-hybridized carbons (Fsp3) is 0.562. The first-order valence-corrected chi connectivity index (χ1v) is 7.21. The van der Waals surface area contributed by atoms with Crippen LogP contribution in [0.2, 0.25) is 0 Å². The van der Waals surface area contributed by atoms with Crippen LogP contribution in [0.15, 0.2) is 23.2 Å². The molecule has 0 heterocycles. The number of guanidine groups is 1. The van der Waals surface area contributed by atoms with Crippen LogP contribution in [0.1, 0.15) is 37.8 Å². The van der Waals surface area contributed by atoms with E-state index >= 15 is 0 Å². The lowest BCUT2D eigenvalue weighted by atomic mass is 9.83. The Bertz CT molecular complexity index is 436. The van der Waals surface area contributed by atoms with E-state index in [1.54, 1.807) is 0 Å². The minimum absolute atomic E-state index is 0.139. The fourth-order valence-corrected chi connectivity index (χ4v) is 2.23. The Hall–Kier alpha value is -1.55. The molecule has 0 aliphatic carbocycles. The summed E-state index contributed by atoms with van der Waals surface area (Å²) in [5.41, 5.74) is 9.10. The molecule has 0 aliphatic heterocycles. The van der Waals surface area contributed by atoms with Gasteiger partial charge in [-0.25, -0.2) is 0 Å². The first-order chi connectivity index (χ1) is 9.44. The predicted octanol–water partition coefficient (Wildman–Crippen LogP) is 2.83. The molecule has 20 heavy (non-hydrogen) atoms. The molecule has 0 unspecified atom stereocenters. The Morgan fingerprint density at radius 3 is 2.20 bits per heavy atom. The number of nitrogens with two attached hydrogens (primary N) is 1. The summed E-state index contributed by atoms with van der Waals surface area (Å²) < 4.78 is 0. The van der Waals surface area contributed by atoms with E-state index in [-0.39, 0.29) is 12.0 Å². The number of benzene rings is 1. The lowest BCUT2D eigenvalue weighted by molar-refractivity contribution is 0.123. The molecule has 0 saturated heterocycles. The fourth-order valence-electron chi connectivity index (χ4n) is 2.23. The topological polar surface area (TPSA) is 70.6 Å². The van der Waals surface area contributed by atoms with Gasteiger partial charge in [-0.3, -0.25) is 4.99 Å². The Morgan fingerprint density at radius 1 is 1.20 bits per heavy atom. The van der Waals surface area contributed by atoms with Gasteiger partial charge in [0.2, 0.25) is 0 Å². The van der Waals surface area contributed by atoms with Crippen molar-refractivity contribution >= 4 is 11.6 Å². The molecule has 0 spiro atoms. The van der Waals surface area contributed by atoms with Crippen molar-refractivity contribution in [3.05, 3.63) is 29.3 Å². The van der Waals surface area contributed by atoms with Crippen LogP contribution in [0.3, 0.4) is 0 Å². The zero-order chi connectivity index (χ0) is 15.2. The largest absolute Gasteiger partial charge is 0.396 e. The summed E-state index contributed by atoms with van der Waals surface area (Å²) in [4.78, 5) is 4.39. The van der Waals surface area contributed by atoms with Gasteiger partial charge in [0.15, 0.2) is 5.96 Å². The smallest absolute Gasteiger partial charge is 0.193 e. The van der Waals surface area contributed by atoms with Crippen LogP contribution in [0, 0.1) is 19.3 Å². The van der Waals surface area contributed by atoms with Gasteiger partial charge in [-0.1, -0.05) is 19.9 Å².